The van der Waals surface area contributed by atoms with Crippen molar-refractivity contribution in [2.45, 2.75) is 12.5 Å². The van der Waals surface area contributed by atoms with Gasteiger partial charge in [0.2, 0.25) is 0 Å². The molecule has 0 amide bonds. The van der Waals surface area contributed by atoms with Crippen LogP contribution in [0.5, 0.6) is 0 Å². The summed E-state index contributed by atoms with van der Waals surface area (Å²) in [7, 11) is -1.82. The van der Waals surface area contributed by atoms with Crippen LogP contribution in [-0.2, 0) is 0 Å². The van der Waals surface area contributed by atoms with E-state index in [4.69, 9.17) is 14.4 Å². The molecule has 0 aliphatic rings. The van der Waals surface area contributed by atoms with E-state index in [1.165, 1.54) is 0 Å². The van der Waals surface area contributed by atoms with Gasteiger partial charge in [0.1, 0.15) is 0 Å². The van der Waals surface area contributed by atoms with Crippen LogP contribution in [0.25, 0.3) is 0 Å². The van der Waals surface area contributed by atoms with Gasteiger partial charge in [-0.15, -0.1) is 0 Å². The van der Waals surface area contributed by atoms with E-state index in [1.54, 1.807) is 0 Å². The van der Waals surface area contributed by atoms with E-state index < -0.39 is 8.80 Å². The molecule has 64 valence electrons. The van der Waals surface area contributed by atoms with Crippen molar-refractivity contribution in [2.24, 2.45) is 0 Å². The van der Waals surface area contributed by atoms with Crippen molar-refractivity contribution in [2.75, 3.05) is 13.6 Å². The molecular weight excluding hydrogens is 174 g/mol. The van der Waals surface area contributed by atoms with E-state index >= 15 is 0 Å². The topological polar surface area (TPSA) is 77.3 Å². The summed E-state index contributed by atoms with van der Waals surface area (Å²) in [5, 5.41) is 1.93. The first-order valence-corrected chi connectivity index (χ1v) is 5.06. The zero-order chi connectivity index (χ0) is 7.33. The Hall–Kier alpha value is 0.347. The minimum absolute atomic E-state index is 0. The maximum atomic E-state index is 8.48. The average molecular weight is 188 g/mol. The van der Waals surface area contributed by atoms with Gasteiger partial charge in [0.25, 0.3) is 0 Å². The normalized spacial score (nSPS) is 10.8. The second-order valence-corrected chi connectivity index (χ2v) is 4.12. The van der Waals surface area contributed by atoms with Gasteiger partial charge in [0, 0.05) is 12.5 Å². The molecule has 4 nitrogen and oxygen atoms in total. The fourth-order valence-electron chi connectivity index (χ4n) is 0.543. The van der Waals surface area contributed by atoms with Gasteiger partial charge in [0.15, 0.2) is 0 Å². The second-order valence-electron chi connectivity index (χ2n) is 2.07. The van der Waals surface area contributed by atoms with Gasteiger partial charge in [-0.25, -0.2) is 0 Å². The van der Waals surface area contributed by atoms with Gasteiger partial charge in [-0.05, 0) is 0 Å². The molecule has 0 fully saturated rings. The summed E-state index contributed by atoms with van der Waals surface area (Å²) in [4.78, 5) is 25.4. The molecule has 0 aromatic rings. The van der Waals surface area contributed by atoms with Crippen molar-refractivity contribution in [1.82, 2.24) is 0 Å². The number of quaternary nitrogens is 1. The average Bonchev–Trinajstić information content (AvgIpc) is 1.63. The van der Waals surface area contributed by atoms with E-state index in [1.807, 2.05) is 12.4 Å². The highest BCUT2D eigenvalue weighted by molar-refractivity contribution is 6.56. The van der Waals surface area contributed by atoms with Crippen LogP contribution in [-0.4, -0.2) is 36.8 Å². The van der Waals surface area contributed by atoms with E-state index in [2.05, 4.69) is 0 Å². The predicted octanol–water partition coefficient (Wildman–Crippen LogP) is -5.51. The molecule has 0 radical (unpaired) electrons. The minimum atomic E-state index is -3.71. The third-order valence-electron chi connectivity index (χ3n) is 1.00. The molecular formula is C4H14ClNO3Si. The van der Waals surface area contributed by atoms with Gasteiger partial charge < -0.3 is 32.1 Å². The fraction of sp³-hybridized carbons (Fsp3) is 1.00. The first-order valence-electron chi connectivity index (χ1n) is 3.01. The summed E-state index contributed by atoms with van der Waals surface area (Å²) in [6.07, 6.45) is 0.659. The smallest absolute Gasteiger partial charge is 0.492 e. The Morgan fingerprint density at radius 1 is 1.30 bits per heavy atom. The SMILES string of the molecule is C[NH2+]CCC[Si](O)(O)O.[Cl-]. The number of nitrogens with two attached hydrogens (primary N) is 1. The zero-order valence-corrected chi connectivity index (χ0v) is 7.67. The Morgan fingerprint density at radius 2 is 1.80 bits per heavy atom. The van der Waals surface area contributed by atoms with Crippen LogP contribution < -0.4 is 17.7 Å². The van der Waals surface area contributed by atoms with Gasteiger partial charge in [-0.1, -0.05) is 0 Å². The number of halogens is 1. The Balaban J connectivity index is 0. The molecule has 0 aromatic heterocycles. The Bertz CT molecular complexity index is 77.4. The summed E-state index contributed by atoms with van der Waals surface area (Å²) in [6, 6.07) is 0.150. The van der Waals surface area contributed by atoms with Crippen LogP contribution in [0.2, 0.25) is 6.04 Å². The molecule has 0 unspecified atom stereocenters. The van der Waals surface area contributed by atoms with Gasteiger partial charge in [-0.3, -0.25) is 0 Å². The number of hydrogen-bond acceptors (Lipinski definition) is 3. The maximum absolute atomic E-state index is 8.48. The predicted molar refractivity (Wildman–Crippen MR) is 34.6 cm³/mol. The lowest BCUT2D eigenvalue weighted by molar-refractivity contribution is -0.626. The highest BCUT2D eigenvalue weighted by Crippen LogP contribution is 1.97. The summed E-state index contributed by atoms with van der Waals surface area (Å²) < 4.78 is 0. The lowest BCUT2D eigenvalue weighted by atomic mass is 10.5. The summed E-state index contributed by atoms with van der Waals surface area (Å²) in [5.41, 5.74) is 0. The van der Waals surface area contributed by atoms with Crippen LogP contribution in [0.1, 0.15) is 6.42 Å². The van der Waals surface area contributed by atoms with Gasteiger partial charge in [0.05, 0.1) is 13.6 Å². The zero-order valence-electron chi connectivity index (χ0n) is 5.92. The Kier molecular flexibility index (Phi) is 7.89. The Morgan fingerprint density at radius 3 is 2.10 bits per heavy atom. The van der Waals surface area contributed by atoms with Crippen molar-refractivity contribution in [1.29, 1.82) is 0 Å². The first kappa shape index (κ1) is 13.0. The number of hydrogen-bond donors (Lipinski definition) is 4. The molecule has 0 saturated heterocycles. The molecule has 0 atom stereocenters. The number of rotatable bonds is 4. The van der Waals surface area contributed by atoms with Crippen molar-refractivity contribution in [3.05, 3.63) is 0 Å². The molecule has 0 aromatic carbocycles. The molecule has 0 bridgehead atoms. The lowest BCUT2D eigenvalue weighted by Gasteiger charge is -2.06. The van der Waals surface area contributed by atoms with E-state index in [0.29, 0.717) is 6.42 Å². The van der Waals surface area contributed by atoms with E-state index in [0.717, 1.165) is 6.54 Å². The summed E-state index contributed by atoms with van der Waals surface area (Å²) in [5.74, 6) is 0. The molecule has 0 spiro atoms. The van der Waals surface area contributed by atoms with E-state index in [-0.39, 0.29) is 18.5 Å². The van der Waals surface area contributed by atoms with Gasteiger partial charge >= 0.3 is 8.80 Å². The molecule has 0 aliphatic heterocycles. The lowest BCUT2D eigenvalue weighted by Crippen LogP contribution is -3.00. The van der Waals surface area contributed by atoms with Crippen molar-refractivity contribution < 1.29 is 32.1 Å². The summed E-state index contributed by atoms with van der Waals surface area (Å²) in [6.45, 7) is 0.830. The first-order chi connectivity index (χ1) is 4.06. The van der Waals surface area contributed by atoms with Crippen LogP contribution in [0.4, 0.5) is 0 Å². The second kappa shape index (κ2) is 6.08. The highest BCUT2D eigenvalue weighted by atomic mass is 35.5. The molecule has 0 rings (SSSR count). The Labute approximate surface area is 67.7 Å². The minimum Gasteiger partial charge on any atom is -1.00 e. The van der Waals surface area contributed by atoms with Crippen LogP contribution in [0, 0.1) is 0 Å². The van der Waals surface area contributed by atoms with Crippen LogP contribution >= 0.6 is 0 Å². The molecule has 10 heavy (non-hydrogen) atoms. The van der Waals surface area contributed by atoms with Crippen molar-refractivity contribution in [3.63, 3.8) is 0 Å². The molecule has 5 N–H and O–H groups in total. The maximum Gasteiger partial charge on any atom is 0.492 e. The largest absolute Gasteiger partial charge is 1.00 e. The molecule has 0 saturated carbocycles. The fourth-order valence-corrected chi connectivity index (χ4v) is 1.22. The quantitative estimate of drug-likeness (QED) is 0.262. The van der Waals surface area contributed by atoms with Crippen molar-refractivity contribution in [3.8, 4) is 0 Å². The van der Waals surface area contributed by atoms with Gasteiger partial charge in [-0.2, -0.15) is 0 Å². The molecule has 0 aliphatic carbocycles. The van der Waals surface area contributed by atoms with Crippen LogP contribution in [0.3, 0.4) is 0 Å². The molecule has 6 heteroatoms. The highest BCUT2D eigenvalue weighted by Gasteiger charge is 2.25. The van der Waals surface area contributed by atoms with Crippen LogP contribution in [0.15, 0.2) is 0 Å². The standard InChI is InChI=1S/C4H13NO3Si.ClH/c1-5-3-2-4-9(6,7)8;/h5-8H,2-4H2,1H3;1H. The third kappa shape index (κ3) is 11.2. The molecule has 0 heterocycles. The monoisotopic (exact) mass is 187 g/mol. The van der Waals surface area contributed by atoms with E-state index in [9.17, 15) is 0 Å². The van der Waals surface area contributed by atoms with Crippen molar-refractivity contribution >= 4 is 8.80 Å². The summed E-state index contributed by atoms with van der Waals surface area (Å²) >= 11 is 0. The third-order valence-corrected chi connectivity index (χ3v) is 2.03.